The van der Waals surface area contributed by atoms with Gasteiger partial charge in [-0.2, -0.15) is 4.68 Å². The lowest BCUT2D eigenvalue weighted by molar-refractivity contribution is -0.123. The van der Waals surface area contributed by atoms with E-state index >= 15 is 0 Å². The highest BCUT2D eigenvalue weighted by Crippen LogP contribution is 2.33. The van der Waals surface area contributed by atoms with Crippen LogP contribution in [0.5, 0.6) is 5.75 Å². The van der Waals surface area contributed by atoms with E-state index in [1.165, 1.54) is 18.4 Å². The number of ether oxygens (including phenoxy) is 1. The van der Waals surface area contributed by atoms with Crippen molar-refractivity contribution < 1.29 is 13.9 Å². The Hall–Kier alpha value is -3.68. The number of hydrogen-bond acceptors (Lipinski definition) is 6. The lowest BCUT2D eigenvalue weighted by atomic mass is 9.96. The Morgan fingerprint density at radius 2 is 2.03 bits per heavy atom. The minimum Gasteiger partial charge on any atom is -0.484 e. The van der Waals surface area contributed by atoms with Crippen LogP contribution in [0.3, 0.4) is 0 Å². The van der Waals surface area contributed by atoms with E-state index < -0.39 is 0 Å². The topological polar surface area (TPSA) is 95.1 Å². The molecule has 1 amide bonds. The van der Waals surface area contributed by atoms with Gasteiger partial charge in [-0.15, -0.1) is 5.10 Å². The van der Waals surface area contributed by atoms with Gasteiger partial charge in [0, 0.05) is 17.4 Å². The summed E-state index contributed by atoms with van der Waals surface area (Å²) in [7, 11) is 0. The van der Waals surface area contributed by atoms with Crippen LogP contribution in [-0.4, -0.2) is 32.7 Å². The largest absolute Gasteiger partial charge is 0.484 e. The van der Waals surface area contributed by atoms with E-state index in [1.54, 1.807) is 4.68 Å². The lowest BCUT2D eigenvalue weighted by Gasteiger charge is -2.14. The molecule has 1 atom stereocenters. The molecule has 2 aromatic heterocycles. The third-order valence-corrected chi connectivity index (χ3v) is 5.56. The fourth-order valence-electron chi connectivity index (χ4n) is 4.05. The average Bonchev–Trinajstić information content (AvgIpc) is 3.43. The van der Waals surface area contributed by atoms with Gasteiger partial charge in [-0.25, -0.2) is 0 Å². The first-order chi connectivity index (χ1) is 15.2. The SMILES string of the molecule is CC(NC(=O)COc1ccc2oc3c(c2c1)CCCC3)c1nnnn1-c1ccccc1. The number of fused-ring (bicyclic) bond motifs is 3. The molecule has 2 aromatic carbocycles. The summed E-state index contributed by atoms with van der Waals surface area (Å²) in [4.78, 5) is 12.5. The van der Waals surface area contributed by atoms with Crippen LogP contribution in [-0.2, 0) is 17.6 Å². The number of furan rings is 1. The molecule has 1 unspecified atom stereocenters. The summed E-state index contributed by atoms with van der Waals surface area (Å²) < 4.78 is 13.3. The van der Waals surface area contributed by atoms with Gasteiger partial charge >= 0.3 is 0 Å². The third-order valence-electron chi connectivity index (χ3n) is 5.56. The molecule has 0 saturated heterocycles. The van der Waals surface area contributed by atoms with E-state index in [0.29, 0.717) is 11.6 Å². The number of tetrazole rings is 1. The Bertz CT molecular complexity index is 1210. The van der Waals surface area contributed by atoms with E-state index in [-0.39, 0.29) is 18.6 Å². The van der Waals surface area contributed by atoms with Crippen molar-refractivity contribution >= 4 is 16.9 Å². The highest BCUT2D eigenvalue weighted by molar-refractivity contribution is 5.84. The monoisotopic (exact) mass is 417 g/mol. The van der Waals surface area contributed by atoms with E-state index in [9.17, 15) is 4.79 Å². The number of amides is 1. The Morgan fingerprint density at radius 3 is 2.90 bits per heavy atom. The number of carbonyl (C=O) groups is 1. The molecule has 1 aliphatic carbocycles. The molecular weight excluding hydrogens is 394 g/mol. The summed E-state index contributed by atoms with van der Waals surface area (Å²) in [6.45, 7) is 1.75. The number of nitrogens with zero attached hydrogens (tertiary/aromatic N) is 4. The number of para-hydroxylation sites is 1. The van der Waals surface area contributed by atoms with Crippen LogP contribution in [0.1, 0.15) is 43.0 Å². The molecule has 4 aromatic rings. The van der Waals surface area contributed by atoms with Gasteiger partial charge in [0.05, 0.1) is 11.7 Å². The molecule has 1 N–H and O–H groups in total. The zero-order chi connectivity index (χ0) is 21.2. The van der Waals surface area contributed by atoms with Gasteiger partial charge < -0.3 is 14.5 Å². The van der Waals surface area contributed by atoms with Gasteiger partial charge in [-0.3, -0.25) is 4.79 Å². The number of carbonyl (C=O) groups excluding carboxylic acids is 1. The van der Waals surface area contributed by atoms with Crippen LogP contribution in [0, 0.1) is 0 Å². The molecule has 8 nitrogen and oxygen atoms in total. The standard InChI is InChI=1S/C23H23N5O3/c1-15(23-25-26-27-28(23)16-7-3-2-4-8-16)24-22(29)14-30-17-11-12-21-19(13-17)18-9-5-6-10-20(18)31-21/h2-4,7-8,11-13,15H,5-6,9-10,14H2,1H3,(H,24,29). The van der Waals surface area contributed by atoms with Gasteiger partial charge in [0.2, 0.25) is 0 Å². The maximum Gasteiger partial charge on any atom is 0.258 e. The fourth-order valence-corrected chi connectivity index (χ4v) is 4.05. The fraction of sp³-hybridized carbons (Fsp3) is 0.304. The van der Waals surface area contributed by atoms with Crippen molar-refractivity contribution in [2.24, 2.45) is 0 Å². The molecule has 158 valence electrons. The van der Waals surface area contributed by atoms with Crippen molar-refractivity contribution in [2.75, 3.05) is 6.61 Å². The number of rotatable bonds is 6. The molecule has 0 fully saturated rings. The zero-order valence-electron chi connectivity index (χ0n) is 17.2. The first-order valence-electron chi connectivity index (χ1n) is 10.5. The zero-order valence-corrected chi connectivity index (χ0v) is 17.2. The van der Waals surface area contributed by atoms with E-state index in [4.69, 9.17) is 9.15 Å². The second-order valence-electron chi connectivity index (χ2n) is 7.73. The highest BCUT2D eigenvalue weighted by atomic mass is 16.5. The van der Waals surface area contributed by atoms with Crippen molar-refractivity contribution in [3.8, 4) is 11.4 Å². The van der Waals surface area contributed by atoms with Crippen LogP contribution >= 0.6 is 0 Å². The molecule has 31 heavy (non-hydrogen) atoms. The predicted molar refractivity (Wildman–Crippen MR) is 114 cm³/mol. The maximum absolute atomic E-state index is 12.5. The van der Waals surface area contributed by atoms with Gasteiger partial charge in [0.25, 0.3) is 5.91 Å². The number of benzene rings is 2. The van der Waals surface area contributed by atoms with Crippen LogP contribution in [0.25, 0.3) is 16.7 Å². The molecule has 8 heteroatoms. The van der Waals surface area contributed by atoms with Crippen molar-refractivity contribution in [3.63, 3.8) is 0 Å². The molecule has 0 saturated carbocycles. The first-order valence-corrected chi connectivity index (χ1v) is 10.5. The quantitative estimate of drug-likeness (QED) is 0.516. The molecule has 0 radical (unpaired) electrons. The minimum atomic E-state index is -0.380. The van der Waals surface area contributed by atoms with Crippen molar-refractivity contribution in [2.45, 2.75) is 38.6 Å². The summed E-state index contributed by atoms with van der Waals surface area (Å²) in [5.74, 6) is 2.04. The normalized spacial score (nSPS) is 14.2. The van der Waals surface area contributed by atoms with Crippen LogP contribution in [0.4, 0.5) is 0 Å². The van der Waals surface area contributed by atoms with Crippen LogP contribution in [0.15, 0.2) is 52.9 Å². The summed E-state index contributed by atoms with van der Waals surface area (Å²) in [6, 6.07) is 14.9. The Labute approximate surface area is 179 Å². The molecule has 0 bridgehead atoms. The van der Waals surface area contributed by atoms with E-state index in [2.05, 4.69) is 20.8 Å². The minimum absolute atomic E-state index is 0.0945. The highest BCUT2D eigenvalue weighted by Gasteiger charge is 2.20. The number of hydrogen-bond donors (Lipinski definition) is 1. The Kier molecular flexibility index (Phi) is 5.11. The maximum atomic E-state index is 12.5. The number of aryl methyl sites for hydroxylation is 2. The summed E-state index contributed by atoms with van der Waals surface area (Å²) in [6.07, 6.45) is 4.36. The summed E-state index contributed by atoms with van der Waals surface area (Å²) in [5, 5.41) is 15.8. The second kappa shape index (κ2) is 8.22. The van der Waals surface area contributed by atoms with Crippen LogP contribution in [0.2, 0.25) is 0 Å². The lowest BCUT2D eigenvalue weighted by Crippen LogP contribution is -2.32. The van der Waals surface area contributed by atoms with Gasteiger partial charge in [0.1, 0.15) is 17.1 Å². The number of aromatic nitrogens is 4. The molecular formula is C23H23N5O3. The van der Waals surface area contributed by atoms with Crippen LogP contribution < -0.4 is 10.1 Å². The van der Waals surface area contributed by atoms with Gasteiger partial charge in [0.15, 0.2) is 12.4 Å². The molecule has 5 rings (SSSR count). The molecule has 1 aliphatic rings. The van der Waals surface area contributed by atoms with Gasteiger partial charge in [-0.05, 0) is 66.9 Å². The molecule has 0 aliphatic heterocycles. The van der Waals surface area contributed by atoms with Gasteiger partial charge in [-0.1, -0.05) is 18.2 Å². The van der Waals surface area contributed by atoms with E-state index in [1.807, 2.05) is 55.5 Å². The smallest absolute Gasteiger partial charge is 0.258 e. The average molecular weight is 417 g/mol. The predicted octanol–water partition coefficient (Wildman–Crippen LogP) is 3.54. The Morgan fingerprint density at radius 1 is 1.19 bits per heavy atom. The number of nitrogens with one attached hydrogen (secondary N) is 1. The van der Waals surface area contributed by atoms with Crippen molar-refractivity contribution in [1.29, 1.82) is 0 Å². The molecule has 2 heterocycles. The molecule has 0 spiro atoms. The Balaban J connectivity index is 1.24. The second-order valence-corrected chi connectivity index (χ2v) is 7.73. The first kappa shape index (κ1) is 19.3. The summed E-state index contributed by atoms with van der Waals surface area (Å²) in [5.41, 5.74) is 2.99. The van der Waals surface area contributed by atoms with E-state index in [0.717, 1.165) is 35.3 Å². The van der Waals surface area contributed by atoms with Crippen molar-refractivity contribution in [3.05, 3.63) is 65.7 Å². The summed E-state index contributed by atoms with van der Waals surface area (Å²) >= 11 is 0. The van der Waals surface area contributed by atoms with Crippen molar-refractivity contribution in [1.82, 2.24) is 25.5 Å². The third kappa shape index (κ3) is 3.88.